The quantitative estimate of drug-likeness (QED) is 0.861. The molecule has 1 aromatic heterocycles. The molecule has 0 radical (unpaired) electrons. The molecule has 15 heavy (non-hydrogen) atoms. The van der Waals surface area contributed by atoms with Crippen LogP contribution in [0.1, 0.15) is 23.2 Å². The van der Waals surface area contributed by atoms with E-state index in [1.165, 1.54) is 6.07 Å². The molecule has 3 nitrogen and oxygen atoms in total. The van der Waals surface area contributed by atoms with Crippen molar-refractivity contribution in [2.24, 2.45) is 5.73 Å². The third kappa shape index (κ3) is 2.70. The summed E-state index contributed by atoms with van der Waals surface area (Å²) in [6.07, 6.45) is -2.58. The molecule has 80 valence electrons. The summed E-state index contributed by atoms with van der Waals surface area (Å²) in [7, 11) is 0. The fourth-order valence-corrected chi connectivity index (χ4v) is 1.65. The van der Waals surface area contributed by atoms with Gasteiger partial charge >= 0.3 is 0 Å². The monoisotopic (exact) mass is 275 g/mol. The number of nitriles is 1. The third-order valence-electron chi connectivity index (χ3n) is 1.87. The molecule has 0 aliphatic heterocycles. The lowest BCUT2D eigenvalue weighted by Crippen LogP contribution is -2.07. The second-order valence-corrected chi connectivity index (χ2v) is 3.57. The van der Waals surface area contributed by atoms with Gasteiger partial charge in [-0.05, 0) is 27.6 Å². The minimum Gasteiger partial charge on any atom is -0.325 e. The molecular formula is C9H8BrF2N3. The van der Waals surface area contributed by atoms with Crippen molar-refractivity contribution in [2.75, 3.05) is 0 Å². The van der Waals surface area contributed by atoms with E-state index in [0.29, 0.717) is 11.3 Å². The molecule has 0 amide bonds. The summed E-state index contributed by atoms with van der Waals surface area (Å²) in [4.78, 5) is 3.89. The average Bonchev–Trinajstić information content (AvgIpc) is 2.20. The number of hydrogen-bond acceptors (Lipinski definition) is 3. The van der Waals surface area contributed by atoms with Gasteiger partial charge < -0.3 is 5.73 Å². The highest BCUT2D eigenvalue weighted by atomic mass is 79.9. The van der Waals surface area contributed by atoms with Gasteiger partial charge in [0.25, 0.3) is 6.43 Å². The zero-order chi connectivity index (χ0) is 11.4. The average molecular weight is 276 g/mol. The molecule has 0 aromatic carbocycles. The highest BCUT2D eigenvalue weighted by Gasteiger charge is 2.16. The van der Waals surface area contributed by atoms with Crippen molar-refractivity contribution in [3.8, 4) is 6.07 Å². The Kier molecular flexibility index (Phi) is 4.12. The Morgan fingerprint density at radius 3 is 2.73 bits per heavy atom. The molecule has 0 bridgehead atoms. The molecule has 0 atom stereocenters. The smallest absolute Gasteiger partial charge is 0.266 e. The molecule has 1 aromatic rings. The predicted octanol–water partition coefficient (Wildman–Crippen LogP) is 2.31. The largest absolute Gasteiger partial charge is 0.325 e. The molecule has 0 saturated carbocycles. The summed E-state index contributed by atoms with van der Waals surface area (Å²) in [5.41, 5.74) is 6.11. The van der Waals surface area contributed by atoms with Crippen LogP contribution in [-0.2, 0) is 13.0 Å². The van der Waals surface area contributed by atoms with Crippen LogP contribution in [0.4, 0.5) is 8.78 Å². The molecule has 6 heteroatoms. The van der Waals surface area contributed by atoms with Crippen LogP contribution >= 0.6 is 15.9 Å². The van der Waals surface area contributed by atoms with E-state index in [1.807, 2.05) is 6.07 Å². The van der Waals surface area contributed by atoms with Crippen molar-refractivity contribution in [1.82, 2.24) is 4.98 Å². The molecule has 0 unspecified atom stereocenters. The van der Waals surface area contributed by atoms with Gasteiger partial charge in [0.15, 0.2) is 0 Å². The Labute approximate surface area is 94.0 Å². The number of hydrogen-bond donors (Lipinski definition) is 1. The van der Waals surface area contributed by atoms with Crippen LogP contribution in [0.25, 0.3) is 0 Å². The van der Waals surface area contributed by atoms with Gasteiger partial charge in [-0.2, -0.15) is 5.26 Å². The van der Waals surface area contributed by atoms with Crippen molar-refractivity contribution in [2.45, 2.75) is 19.4 Å². The lowest BCUT2D eigenvalue weighted by Gasteiger charge is -2.08. The van der Waals surface area contributed by atoms with E-state index in [9.17, 15) is 8.78 Å². The van der Waals surface area contributed by atoms with Crippen LogP contribution in [-0.4, -0.2) is 4.98 Å². The van der Waals surface area contributed by atoms with Gasteiger partial charge in [0.2, 0.25) is 0 Å². The Balaban J connectivity index is 3.25. The highest BCUT2D eigenvalue weighted by molar-refractivity contribution is 9.10. The fourth-order valence-electron chi connectivity index (χ4n) is 1.15. The van der Waals surface area contributed by atoms with Crippen molar-refractivity contribution >= 4 is 15.9 Å². The number of nitrogens with two attached hydrogens (primary N) is 1. The second-order valence-electron chi connectivity index (χ2n) is 2.81. The molecule has 1 rings (SSSR count). The van der Waals surface area contributed by atoms with E-state index >= 15 is 0 Å². The number of alkyl halides is 2. The molecule has 0 fully saturated rings. The second kappa shape index (κ2) is 5.14. The zero-order valence-corrected chi connectivity index (χ0v) is 9.26. The number of halogens is 3. The van der Waals surface area contributed by atoms with E-state index in [4.69, 9.17) is 11.0 Å². The van der Waals surface area contributed by atoms with Crippen LogP contribution in [0.5, 0.6) is 0 Å². The van der Waals surface area contributed by atoms with Gasteiger partial charge in [-0.3, -0.25) is 0 Å². The van der Waals surface area contributed by atoms with Gasteiger partial charge in [0.1, 0.15) is 4.60 Å². The maximum absolute atomic E-state index is 12.5. The van der Waals surface area contributed by atoms with Gasteiger partial charge in [-0.1, -0.05) is 0 Å². The van der Waals surface area contributed by atoms with Crippen LogP contribution in [0, 0.1) is 11.3 Å². The van der Waals surface area contributed by atoms with Gasteiger partial charge in [0.05, 0.1) is 23.7 Å². The van der Waals surface area contributed by atoms with Gasteiger partial charge in [-0.25, -0.2) is 13.8 Å². The topological polar surface area (TPSA) is 62.7 Å². The highest BCUT2D eigenvalue weighted by Crippen LogP contribution is 2.27. The molecule has 2 N–H and O–H groups in total. The fraction of sp³-hybridized carbons (Fsp3) is 0.333. The minimum absolute atomic E-state index is 0.0343. The summed E-state index contributed by atoms with van der Waals surface area (Å²) < 4.78 is 25.1. The lowest BCUT2D eigenvalue weighted by atomic mass is 10.1. The zero-order valence-electron chi connectivity index (χ0n) is 7.67. The normalized spacial score (nSPS) is 10.4. The first-order valence-electron chi connectivity index (χ1n) is 4.13. The SMILES string of the molecule is N#CCc1cc(C(F)F)c(Br)nc1CN. The van der Waals surface area contributed by atoms with Crippen molar-refractivity contribution in [3.05, 3.63) is 27.5 Å². The maximum atomic E-state index is 12.5. The van der Waals surface area contributed by atoms with Crippen LogP contribution < -0.4 is 5.73 Å². The molecule has 0 saturated heterocycles. The first kappa shape index (κ1) is 12.0. The Hall–Kier alpha value is -1.06. The number of rotatable bonds is 3. The number of pyridine rings is 1. The van der Waals surface area contributed by atoms with Crippen LogP contribution in [0.3, 0.4) is 0 Å². The summed E-state index contributed by atoms with van der Waals surface area (Å²) in [5, 5.41) is 8.52. The Bertz CT molecular complexity index is 401. The summed E-state index contributed by atoms with van der Waals surface area (Å²) >= 11 is 2.94. The van der Waals surface area contributed by atoms with Crippen LogP contribution in [0.2, 0.25) is 0 Å². The molecule has 0 aliphatic carbocycles. The van der Waals surface area contributed by atoms with E-state index < -0.39 is 6.43 Å². The van der Waals surface area contributed by atoms with Gasteiger partial charge in [0, 0.05) is 6.54 Å². The Morgan fingerprint density at radius 2 is 2.27 bits per heavy atom. The summed E-state index contributed by atoms with van der Waals surface area (Å²) in [5.74, 6) is 0. The summed E-state index contributed by atoms with van der Waals surface area (Å²) in [6.45, 7) is 0.124. The van der Waals surface area contributed by atoms with E-state index in [-0.39, 0.29) is 23.1 Å². The molecule has 1 heterocycles. The third-order valence-corrected chi connectivity index (χ3v) is 2.50. The van der Waals surface area contributed by atoms with Crippen molar-refractivity contribution in [1.29, 1.82) is 5.26 Å². The maximum Gasteiger partial charge on any atom is 0.266 e. The van der Waals surface area contributed by atoms with Crippen molar-refractivity contribution < 1.29 is 8.78 Å². The van der Waals surface area contributed by atoms with Gasteiger partial charge in [-0.15, -0.1) is 0 Å². The first-order chi connectivity index (χ1) is 7.10. The standard InChI is InChI=1S/C9H8BrF2N3/c10-8-6(9(11)12)3-5(1-2-13)7(4-14)15-8/h3,9H,1,4,14H2. The summed E-state index contributed by atoms with van der Waals surface area (Å²) in [6, 6.07) is 3.16. The lowest BCUT2D eigenvalue weighted by molar-refractivity contribution is 0.150. The Morgan fingerprint density at radius 1 is 1.60 bits per heavy atom. The van der Waals surface area contributed by atoms with E-state index in [1.54, 1.807) is 0 Å². The van der Waals surface area contributed by atoms with E-state index in [0.717, 1.165) is 0 Å². The first-order valence-corrected chi connectivity index (χ1v) is 4.92. The molecule has 0 spiro atoms. The number of nitrogens with zero attached hydrogens (tertiary/aromatic N) is 2. The molecular weight excluding hydrogens is 268 g/mol. The van der Waals surface area contributed by atoms with E-state index in [2.05, 4.69) is 20.9 Å². The predicted molar refractivity (Wildman–Crippen MR) is 54.1 cm³/mol. The minimum atomic E-state index is -2.61. The van der Waals surface area contributed by atoms with Crippen molar-refractivity contribution in [3.63, 3.8) is 0 Å². The molecule has 0 aliphatic rings. The number of aromatic nitrogens is 1. The van der Waals surface area contributed by atoms with Crippen LogP contribution in [0.15, 0.2) is 10.7 Å².